The van der Waals surface area contributed by atoms with E-state index in [1.807, 2.05) is 60.7 Å². The molecule has 0 aliphatic heterocycles. The zero-order chi connectivity index (χ0) is 21.6. The summed E-state index contributed by atoms with van der Waals surface area (Å²) in [4.78, 5) is 13.2. The van der Waals surface area contributed by atoms with Crippen molar-refractivity contribution < 1.29 is 13.2 Å². The Hall–Kier alpha value is -2.96. The van der Waals surface area contributed by atoms with Crippen LogP contribution in [0.1, 0.15) is 40.0 Å². The smallest absolute Gasteiger partial charge is 0.252 e. The lowest BCUT2D eigenvalue weighted by molar-refractivity contribution is 0.0935. The maximum absolute atomic E-state index is 13.2. The van der Waals surface area contributed by atoms with E-state index < -0.39 is 10.0 Å². The van der Waals surface area contributed by atoms with Gasteiger partial charge >= 0.3 is 0 Å². The van der Waals surface area contributed by atoms with Gasteiger partial charge in [-0.15, -0.1) is 0 Å². The van der Waals surface area contributed by atoms with Crippen LogP contribution < -0.4 is 10.0 Å². The molecule has 6 heteroatoms. The average Bonchev–Trinajstić information content (AvgIpc) is 2.74. The van der Waals surface area contributed by atoms with E-state index in [1.54, 1.807) is 19.9 Å². The summed E-state index contributed by atoms with van der Waals surface area (Å²) in [5, 5.41) is 3.10. The van der Waals surface area contributed by atoms with Gasteiger partial charge in [-0.3, -0.25) is 4.79 Å². The van der Waals surface area contributed by atoms with Crippen LogP contribution in [0.4, 0.5) is 0 Å². The van der Waals surface area contributed by atoms with Gasteiger partial charge in [0.15, 0.2) is 0 Å². The van der Waals surface area contributed by atoms with E-state index in [4.69, 9.17) is 0 Å². The minimum atomic E-state index is -3.64. The zero-order valence-corrected chi connectivity index (χ0v) is 17.9. The van der Waals surface area contributed by atoms with Gasteiger partial charge < -0.3 is 5.32 Å². The number of rotatable bonds is 8. The molecule has 0 saturated heterocycles. The van der Waals surface area contributed by atoms with Crippen molar-refractivity contribution in [1.29, 1.82) is 0 Å². The first-order chi connectivity index (χ1) is 14.4. The van der Waals surface area contributed by atoms with Crippen LogP contribution in [-0.2, 0) is 16.4 Å². The summed E-state index contributed by atoms with van der Waals surface area (Å²) in [5.41, 5.74) is 3.16. The Labute approximate surface area is 178 Å². The van der Waals surface area contributed by atoms with Crippen LogP contribution in [0, 0.1) is 6.92 Å². The molecule has 0 saturated carbocycles. The monoisotopic (exact) mass is 422 g/mol. The van der Waals surface area contributed by atoms with Gasteiger partial charge in [-0.25, -0.2) is 13.1 Å². The second kappa shape index (κ2) is 9.69. The molecule has 0 fully saturated rings. The van der Waals surface area contributed by atoms with Crippen LogP contribution in [-0.4, -0.2) is 20.9 Å². The third-order valence-corrected chi connectivity index (χ3v) is 6.43. The molecule has 0 aromatic heterocycles. The minimum absolute atomic E-state index is 0.0828. The Morgan fingerprint density at radius 2 is 1.57 bits per heavy atom. The average molecular weight is 423 g/mol. The maximum atomic E-state index is 13.2. The zero-order valence-electron chi connectivity index (χ0n) is 17.1. The van der Waals surface area contributed by atoms with E-state index in [1.165, 1.54) is 12.1 Å². The topological polar surface area (TPSA) is 75.3 Å². The van der Waals surface area contributed by atoms with Gasteiger partial charge in [-0.1, -0.05) is 73.7 Å². The van der Waals surface area contributed by atoms with Crippen LogP contribution in [0.5, 0.6) is 0 Å². The van der Waals surface area contributed by atoms with E-state index >= 15 is 0 Å². The van der Waals surface area contributed by atoms with Gasteiger partial charge in [0.2, 0.25) is 10.0 Å². The lowest BCUT2D eigenvalue weighted by Crippen LogP contribution is -2.31. The van der Waals surface area contributed by atoms with Crippen LogP contribution in [0.3, 0.4) is 0 Å². The van der Waals surface area contributed by atoms with E-state index in [9.17, 15) is 13.2 Å². The van der Waals surface area contributed by atoms with Gasteiger partial charge in [-0.05, 0) is 42.2 Å². The molecule has 156 valence electrons. The van der Waals surface area contributed by atoms with Crippen molar-refractivity contribution in [3.05, 3.63) is 101 Å². The van der Waals surface area contributed by atoms with Gasteiger partial charge in [0.05, 0.1) is 10.9 Å². The summed E-state index contributed by atoms with van der Waals surface area (Å²) in [7, 11) is -3.64. The molecule has 0 bridgehead atoms. The molecule has 3 aromatic carbocycles. The lowest BCUT2D eigenvalue weighted by Gasteiger charge is -2.20. The summed E-state index contributed by atoms with van der Waals surface area (Å²) in [6, 6.07) is 24.1. The molecule has 0 heterocycles. The van der Waals surface area contributed by atoms with Crippen LogP contribution >= 0.6 is 0 Å². The Morgan fingerprint density at radius 1 is 0.933 bits per heavy atom. The van der Waals surface area contributed by atoms with Gasteiger partial charge in [0.1, 0.15) is 0 Å². The summed E-state index contributed by atoms with van der Waals surface area (Å²) >= 11 is 0. The molecule has 0 aliphatic carbocycles. The summed E-state index contributed by atoms with van der Waals surface area (Å²) in [6.45, 7) is 3.80. The number of benzene rings is 3. The van der Waals surface area contributed by atoms with Crippen molar-refractivity contribution in [1.82, 2.24) is 10.0 Å². The maximum Gasteiger partial charge on any atom is 0.252 e. The molecule has 0 radical (unpaired) electrons. The molecule has 5 nitrogen and oxygen atoms in total. The standard InChI is InChI=1S/C24H26N2O3S/c1-3-25-30(28,29)21-15-14-18(2)22(17-21)24(27)26-23(20-12-8-5-9-13-20)16-19-10-6-4-7-11-19/h4-15,17,23,25H,3,16H2,1-2H3,(H,26,27). The van der Waals surface area contributed by atoms with Crippen LogP contribution in [0.2, 0.25) is 0 Å². The van der Waals surface area contributed by atoms with E-state index in [2.05, 4.69) is 10.0 Å². The molecule has 3 rings (SSSR count). The molecule has 1 amide bonds. The lowest BCUT2D eigenvalue weighted by atomic mass is 9.98. The number of amides is 1. The quantitative estimate of drug-likeness (QED) is 0.576. The summed E-state index contributed by atoms with van der Waals surface area (Å²) in [6.07, 6.45) is 0.630. The molecular weight excluding hydrogens is 396 g/mol. The fourth-order valence-electron chi connectivity index (χ4n) is 3.31. The van der Waals surface area contributed by atoms with Gasteiger partial charge in [0, 0.05) is 12.1 Å². The highest BCUT2D eigenvalue weighted by molar-refractivity contribution is 7.89. The fourth-order valence-corrected chi connectivity index (χ4v) is 4.38. The number of aryl methyl sites for hydroxylation is 1. The highest BCUT2D eigenvalue weighted by Crippen LogP contribution is 2.21. The molecule has 1 unspecified atom stereocenters. The van der Waals surface area contributed by atoms with Crippen molar-refractivity contribution >= 4 is 15.9 Å². The third-order valence-electron chi connectivity index (χ3n) is 4.89. The summed E-state index contributed by atoms with van der Waals surface area (Å²) < 4.78 is 27.2. The molecule has 2 N–H and O–H groups in total. The Bertz CT molecular complexity index is 1100. The van der Waals surface area contributed by atoms with Crippen molar-refractivity contribution in [3.8, 4) is 0 Å². The van der Waals surface area contributed by atoms with Crippen molar-refractivity contribution in [2.24, 2.45) is 0 Å². The van der Waals surface area contributed by atoms with Crippen LogP contribution in [0.25, 0.3) is 0 Å². The minimum Gasteiger partial charge on any atom is -0.345 e. The predicted molar refractivity (Wildman–Crippen MR) is 119 cm³/mol. The summed E-state index contributed by atoms with van der Waals surface area (Å²) in [5.74, 6) is -0.300. The SMILES string of the molecule is CCNS(=O)(=O)c1ccc(C)c(C(=O)NC(Cc2ccccc2)c2ccccc2)c1. The third kappa shape index (κ3) is 5.34. The number of hydrogen-bond acceptors (Lipinski definition) is 3. The van der Waals surface area contributed by atoms with Crippen molar-refractivity contribution in [2.75, 3.05) is 6.54 Å². The second-order valence-corrected chi connectivity index (χ2v) is 8.87. The number of carbonyl (C=O) groups excluding carboxylic acids is 1. The number of nitrogens with one attached hydrogen (secondary N) is 2. The molecule has 0 aliphatic rings. The molecule has 0 spiro atoms. The van der Waals surface area contributed by atoms with Gasteiger partial charge in [0.25, 0.3) is 5.91 Å². The Balaban J connectivity index is 1.90. The molecular formula is C24H26N2O3S. The normalized spacial score (nSPS) is 12.3. The first-order valence-corrected chi connectivity index (χ1v) is 11.4. The van der Waals surface area contributed by atoms with Crippen LogP contribution in [0.15, 0.2) is 83.8 Å². The molecule has 3 aromatic rings. The number of hydrogen-bond donors (Lipinski definition) is 2. The second-order valence-electron chi connectivity index (χ2n) is 7.10. The highest BCUT2D eigenvalue weighted by atomic mass is 32.2. The molecule has 30 heavy (non-hydrogen) atoms. The van der Waals surface area contributed by atoms with Gasteiger partial charge in [-0.2, -0.15) is 0 Å². The number of sulfonamides is 1. The first-order valence-electron chi connectivity index (χ1n) is 9.90. The van der Waals surface area contributed by atoms with E-state index in [0.29, 0.717) is 12.0 Å². The highest BCUT2D eigenvalue weighted by Gasteiger charge is 2.20. The largest absolute Gasteiger partial charge is 0.345 e. The Kier molecular flexibility index (Phi) is 7.03. The predicted octanol–water partition coefficient (Wildman–Crippen LogP) is 4.01. The van der Waals surface area contributed by atoms with Crippen molar-refractivity contribution in [2.45, 2.75) is 31.2 Å². The number of carbonyl (C=O) groups is 1. The first kappa shape index (κ1) is 21.7. The van der Waals surface area contributed by atoms with E-state index in [0.717, 1.165) is 16.7 Å². The Morgan fingerprint density at radius 3 is 2.20 bits per heavy atom. The fraction of sp³-hybridized carbons (Fsp3) is 0.208. The van der Waals surface area contributed by atoms with Crippen molar-refractivity contribution in [3.63, 3.8) is 0 Å². The van der Waals surface area contributed by atoms with E-state index in [-0.39, 0.29) is 23.4 Å². The molecule has 1 atom stereocenters.